The fraction of sp³-hybridized carbons (Fsp3) is 0.471. The Kier molecular flexibility index (Phi) is 7.23. The smallest absolute Gasteiger partial charge is 0.225 e. The Labute approximate surface area is 142 Å². The van der Waals surface area contributed by atoms with Crippen molar-refractivity contribution in [2.75, 3.05) is 18.4 Å². The summed E-state index contributed by atoms with van der Waals surface area (Å²) in [5, 5.41) is 6.99. The third-order valence-corrected chi connectivity index (χ3v) is 4.39. The van der Waals surface area contributed by atoms with Gasteiger partial charge in [-0.25, -0.2) is 0 Å². The minimum atomic E-state index is -0.0839. The number of para-hydroxylation sites is 1. The highest BCUT2D eigenvalue weighted by molar-refractivity contribution is 6.39. The van der Waals surface area contributed by atoms with E-state index in [4.69, 9.17) is 23.2 Å². The van der Waals surface area contributed by atoms with Crippen LogP contribution in [0.15, 0.2) is 29.8 Å². The molecular weight excluding hydrogens is 319 g/mol. The molecule has 3 nitrogen and oxygen atoms in total. The van der Waals surface area contributed by atoms with E-state index in [0.717, 1.165) is 13.0 Å². The molecule has 0 heterocycles. The van der Waals surface area contributed by atoms with E-state index in [0.29, 0.717) is 28.7 Å². The summed E-state index contributed by atoms with van der Waals surface area (Å²) in [4.78, 5) is 11.9. The Morgan fingerprint density at radius 3 is 2.59 bits per heavy atom. The molecule has 1 aliphatic carbocycles. The molecule has 0 radical (unpaired) electrons. The molecule has 2 N–H and O–H groups in total. The van der Waals surface area contributed by atoms with Crippen LogP contribution in [0.25, 0.3) is 0 Å². The van der Waals surface area contributed by atoms with Gasteiger partial charge >= 0.3 is 0 Å². The molecule has 0 saturated carbocycles. The summed E-state index contributed by atoms with van der Waals surface area (Å²) >= 11 is 12.0. The van der Waals surface area contributed by atoms with Crippen LogP contribution < -0.4 is 10.6 Å². The van der Waals surface area contributed by atoms with Gasteiger partial charge in [-0.1, -0.05) is 40.9 Å². The lowest BCUT2D eigenvalue weighted by molar-refractivity contribution is -0.116. The van der Waals surface area contributed by atoms with Crippen molar-refractivity contribution in [2.45, 2.75) is 38.5 Å². The Bertz CT molecular complexity index is 523. The summed E-state index contributed by atoms with van der Waals surface area (Å²) in [7, 11) is 0. The molecule has 0 fully saturated rings. The summed E-state index contributed by atoms with van der Waals surface area (Å²) in [5.74, 6) is -0.0839. The fourth-order valence-corrected chi connectivity index (χ4v) is 3.02. The normalized spacial score (nSPS) is 14.5. The average Bonchev–Trinajstić information content (AvgIpc) is 2.52. The minimum absolute atomic E-state index is 0.0839. The van der Waals surface area contributed by atoms with Gasteiger partial charge in [0.05, 0.1) is 15.7 Å². The predicted molar refractivity (Wildman–Crippen MR) is 93.7 cm³/mol. The van der Waals surface area contributed by atoms with Gasteiger partial charge in [0.2, 0.25) is 5.91 Å². The molecule has 0 saturated heterocycles. The molecule has 1 aromatic carbocycles. The maximum atomic E-state index is 11.9. The number of amides is 1. The van der Waals surface area contributed by atoms with Gasteiger partial charge in [0.1, 0.15) is 0 Å². The molecule has 22 heavy (non-hydrogen) atoms. The van der Waals surface area contributed by atoms with Crippen molar-refractivity contribution in [2.24, 2.45) is 0 Å². The number of hydrogen-bond donors (Lipinski definition) is 2. The summed E-state index contributed by atoms with van der Waals surface area (Å²) in [6.45, 7) is 1.58. The van der Waals surface area contributed by atoms with Gasteiger partial charge in [-0.2, -0.15) is 0 Å². The van der Waals surface area contributed by atoms with E-state index in [2.05, 4.69) is 16.7 Å². The molecule has 1 amide bonds. The Morgan fingerprint density at radius 2 is 1.91 bits per heavy atom. The molecule has 0 bridgehead atoms. The first-order valence-corrected chi connectivity index (χ1v) is 8.55. The maximum Gasteiger partial charge on any atom is 0.225 e. The zero-order chi connectivity index (χ0) is 15.8. The van der Waals surface area contributed by atoms with Crippen LogP contribution in [0, 0.1) is 0 Å². The molecule has 0 unspecified atom stereocenters. The highest BCUT2D eigenvalue weighted by Gasteiger charge is 2.09. The van der Waals surface area contributed by atoms with Gasteiger partial charge in [-0.05, 0) is 50.8 Å². The van der Waals surface area contributed by atoms with Crippen LogP contribution in [0.2, 0.25) is 10.0 Å². The van der Waals surface area contributed by atoms with E-state index >= 15 is 0 Å². The van der Waals surface area contributed by atoms with Crippen LogP contribution in [0.5, 0.6) is 0 Å². The highest BCUT2D eigenvalue weighted by atomic mass is 35.5. The number of halogens is 2. The van der Waals surface area contributed by atoms with Gasteiger partial charge in [0.25, 0.3) is 0 Å². The molecule has 1 aliphatic rings. The predicted octanol–water partition coefficient (Wildman–Crippen LogP) is 4.80. The van der Waals surface area contributed by atoms with Gasteiger partial charge in [-0.3, -0.25) is 4.79 Å². The number of carbonyl (C=O) groups is 1. The number of carbonyl (C=O) groups excluding carboxylic acids is 1. The van der Waals surface area contributed by atoms with Crippen molar-refractivity contribution in [1.82, 2.24) is 5.32 Å². The van der Waals surface area contributed by atoms with E-state index < -0.39 is 0 Å². The molecule has 120 valence electrons. The third-order valence-electron chi connectivity index (χ3n) is 3.76. The standard InChI is InChI=1S/C17H22Cl2N2O/c18-14-7-4-8-15(19)17(14)21-16(22)10-12-20-11-9-13-5-2-1-3-6-13/h4-5,7-8,20H,1-3,6,9-12H2,(H,21,22). The molecule has 2 rings (SSSR count). The number of rotatable bonds is 7. The Balaban J connectivity index is 1.64. The first kappa shape index (κ1) is 17.3. The largest absolute Gasteiger partial charge is 0.324 e. The zero-order valence-electron chi connectivity index (χ0n) is 12.6. The molecule has 0 aromatic heterocycles. The van der Waals surface area contributed by atoms with E-state index in [-0.39, 0.29) is 5.91 Å². The van der Waals surface area contributed by atoms with Crippen molar-refractivity contribution >= 4 is 34.8 Å². The molecule has 1 aromatic rings. The van der Waals surface area contributed by atoms with Gasteiger partial charge in [0.15, 0.2) is 0 Å². The van der Waals surface area contributed by atoms with E-state index in [1.165, 1.54) is 25.7 Å². The lowest BCUT2D eigenvalue weighted by atomic mass is 9.97. The van der Waals surface area contributed by atoms with Crippen LogP contribution in [0.1, 0.15) is 38.5 Å². The van der Waals surface area contributed by atoms with E-state index in [1.807, 2.05) is 0 Å². The summed E-state index contributed by atoms with van der Waals surface area (Å²) < 4.78 is 0. The number of anilines is 1. The number of nitrogens with one attached hydrogen (secondary N) is 2. The van der Waals surface area contributed by atoms with Crippen LogP contribution in [0.3, 0.4) is 0 Å². The molecule has 0 spiro atoms. The SMILES string of the molecule is O=C(CCNCCC1=CCCCC1)Nc1c(Cl)cccc1Cl. The Morgan fingerprint density at radius 1 is 1.14 bits per heavy atom. The highest BCUT2D eigenvalue weighted by Crippen LogP contribution is 2.29. The average molecular weight is 341 g/mol. The second-order valence-electron chi connectivity index (χ2n) is 5.50. The Hall–Kier alpha value is -1.03. The topological polar surface area (TPSA) is 41.1 Å². The number of hydrogen-bond acceptors (Lipinski definition) is 2. The first-order chi connectivity index (χ1) is 10.7. The van der Waals surface area contributed by atoms with E-state index in [9.17, 15) is 4.79 Å². The second-order valence-corrected chi connectivity index (χ2v) is 6.32. The molecule has 5 heteroatoms. The van der Waals surface area contributed by atoms with Crippen molar-refractivity contribution in [3.63, 3.8) is 0 Å². The van der Waals surface area contributed by atoms with Crippen LogP contribution >= 0.6 is 23.2 Å². The fourth-order valence-electron chi connectivity index (χ4n) is 2.53. The van der Waals surface area contributed by atoms with Crippen molar-refractivity contribution in [3.8, 4) is 0 Å². The van der Waals surface area contributed by atoms with Crippen molar-refractivity contribution in [1.29, 1.82) is 0 Å². The summed E-state index contributed by atoms with van der Waals surface area (Å²) in [5.41, 5.74) is 2.04. The second kappa shape index (κ2) is 9.19. The monoisotopic (exact) mass is 340 g/mol. The summed E-state index contributed by atoms with van der Waals surface area (Å²) in [6, 6.07) is 5.17. The van der Waals surface area contributed by atoms with Crippen LogP contribution in [-0.4, -0.2) is 19.0 Å². The van der Waals surface area contributed by atoms with Crippen LogP contribution in [0.4, 0.5) is 5.69 Å². The minimum Gasteiger partial charge on any atom is -0.324 e. The quantitative estimate of drug-likeness (QED) is 0.552. The lowest BCUT2D eigenvalue weighted by Gasteiger charge is -2.13. The molecule has 0 aliphatic heterocycles. The first-order valence-electron chi connectivity index (χ1n) is 7.79. The third kappa shape index (κ3) is 5.64. The van der Waals surface area contributed by atoms with Crippen LogP contribution in [-0.2, 0) is 4.79 Å². The lowest BCUT2D eigenvalue weighted by Crippen LogP contribution is -2.23. The van der Waals surface area contributed by atoms with Gasteiger partial charge < -0.3 is 10.6 Å². The van der Waals surface area contributed by atoms with Gasteiger partial charge in [0, 0.05) is 13.0 Å². The summed E-state index contributed by atoms with van der Waals surface area (Å²) in [6.07, 6.45) is 8.92. The van der Waals surface area contributed by atoms with Crippen molar-refractivity contribution in [3.05, 3.63) is 39.9 Å². The van der Waals surface area contributed by atoms with Gasteiger partial charge in [-0.15, -0.1) is 0 Å². The van der Waals surface area contributed by atoms with E-state index in [1.54, 1.807) is 23.8 Å². The zero-order valence-corrected chi connectivity index (χ0v) is 14.1. The molecular formula is C17H22Cl2N2O. The number of benzene rings is 1. The maximum absolute atomic E-state index is 11.9. The van der Waals surface area contributed by atoms with Crippen molar-refractivity contribution < 1.29 is 4.79 Å². The number of allylic oxidation sites excluding steroid dienone is 1. The molecule has 0 atom stereocenters.